The number of allylic oxidation sites excluding steroid dienone is 7. The number of ether oxygens (including phenoxy) is 1. The zero-order valence-electron chi connectivity index (χ0n) is 53.1. The molecule has 0 aliphatic rings. The van der Waals surface area contributed by atoms with Gasteiger partial charge < -0.3 is 19.4 Å². The third-order valence-corrected chi connectivity index (χ3v) is 16.3. The lowest BCUT2D eigenvalue weighted by molar-refractivity contribution is -0.870. The van der Waals surface area contributed by atoms with Crippen LogP contribution in [0.3, 0.4) is 0 Å². The first kappa shape index (κ1) is 77.0. The molecule has 3 atom stereocenters. The predicted molar refractivity (Wildman–Crippen MR) is 342 cm³/mol. The Balaban J connectivity index is 4.98. The molecule has 464 valence electrons. The predicted octanol–water partition coefficient (Wildman–Crippen LogP) is 21.2. The summed E-state index contributed by atoms with van der Waals surface area (Å²) in [6.45, 7) is 7.02. The van der Waals surface area contributed by atoms with Crippen LogP contribution in [0.25, 0.3) is 0 Å². The van der Waals surface area contributed by atoms with Crippen molar-refractivity contribution in [3.63, 3.8) is 0 Å². The van der Waals surface area contributed by atoms with Gasteiger partial charge in [0.25, 0.3) is 0 Å². The Morgan fingerprint density at radius 1 is 0.443 bits per heavy atom. The highest BCUT2D eigenvalue weighted by atomic mass is 31.2. The number of quaternary nitrogens is 1. The average molecular weight is 1130 g/mol. The van der Waals surface area contributed by atoms with Crippen LogP contribution in [0.15, 0.2) is 48.6 Å². The van der Waals surface area contributed by atoms with Gasteiger partial charge in [-0.1, -0.05) is 294 Å². The first-order valence-corrected chi connectivity index (χ1v) is 35.5. The molecule has 0 saturated carbocycles. The Hall–Kier alpha value is -2.03. The number of carbonyl (C=O) groups excluding carboxylic acids is 2. The third kappa shape index (κ3) is 60.4. The number of carbonyl (C=O) groups is 2. The number of esters is 1. The summed E-state index contributed by atoms with van der Waals surface area (Å²) in [5, 5.41) is 3.06. The molecule has 9 nitrogen and oxygen atoms in total. The maximum absolute atomic E-state index is 13.5. The lowest BCUT2D eigenvalue weighted by atomic mass is 10.0. The Bertz CT molecular complexity index is 1490. The first-order valence-electron chi connectivity index (χ1n) is 34.0. The third-order valence-electron chi connectivity index (χ3n) is 15.3. The zero-order chi connectivity index (χ0) is 57.9. The number of unbranched alkanes of at least 4 members (excludes halogenated alkanes) is 40. The van der Waals surface area contributed by atoms with Gasteiger partial charge in [-0.2, -0.15) is 0 Å². The molecule has 0 saturated heterocycles. The van der Waals surface area contributed by atoms with Gasteiger partial charge in [-0.05, 0) is 70.3 Å². The molecule has 0 rings (SSSR count). The molecule has 0 spiro atoms. The van der Waals surface area contributed by atoms with E-state index in [0.29, 0.717) is 23.9 Å². The number of hydrogen-bond acceptors (Lipinski definition) is 6. The van der Waals surface area contributed by atoms with Gasteiger partial charge in [0.15, 0.2) is 0 Å². The second-order valence-electron chi connectivity index (χ2n) is 24.4. The van der Waals surface area contributed by atoms with Gasteiger partial charge >= 0.3 is 13.8 Å². The second kappa shape index (κ2) is 59.1. The molecule has 0 aliphatic heterocycles. The Morgan fingerprint density at radius 2 is 0.772 bits per heavy atom. The molecule has 3 unspecified atom stereocenters. The highest BCUT2D eigenvalue weighted by Crippen LogP contribution is 2.43. The van der Waals surface area contributed by atoms with E-state index < -0.39 is 20.0 Å². The van der Waals surface area contributed by atoms with E-state index >= 15 is 0 Å². The fourth-order valence-corrected chi connectivity index (χ4v) is 10.7. The summed E-state index contributed by atoms with van der Waals surface area (Å²) in [7, 11) is 1.51. The van der Waals surface area contributed by atoms with Gasteiger partial charge in [0.1, 0.15) is 19.3 Å². The maximum atomic E-state index is 13.5. The maximum Gasteiger partial charge on any atom is 0.472 e. The van der Waals surface area contributed by atoms with Crippen LogP contribution in [-0.4, -0.2) is 74.3 Å². The fraction of sp³-hybridized carbons (Fsp3) is 0.855. The first-order chi connectivity index (χ1) is 38.4. The Kier molecular flexibility index (Phi) is 57.6. The van der Waals surface area contributed by atoms with Crippen LogP contribution in [0, 0.1) is 0 Å². The summed E-state index contributed by atoms with van der Waals surface area (Å²) in [6, 6.07) is -0.845. The number of phosphoric acid groups is 1. The van der Waals surface area contributed by atoms with Crippen LogP contribution in [0.5, 0.6) is 0 Å². The molecule has 0 heterocycles. The molecule has 1 amide bonds. The number of likely N-dealkylation sites (N-methyl/N-ethyl adjacent to an activating group) is 1. The normalized spacial score (nSPS) is 13.9. The molecular weight excluding hydrogens is 1000 g/mol. The lowest BCUT2D eigenvalue weighted by Crippen LogP contribution is -2.47. The van der Waals surface area contributed by atoms with Crippen molar-refractivity contribution in [3.8, 4) is 0 Å². The van der Waals surface area contributed by atoms with Crippen molar-refractivity contribution in [1.82, 2.24) is 5.32 Å². The molecule has 79 heavy (non-hydrogen) atoms. The van der Waals surface area contributed by atoms with Crippen molar-refractivity contribution in [2.75, 3.05) is 40.9 Å². The van der Waals surface area contributed by atoms with E-state index in [1.165, 1.54) is 225 Å². The highest BCUT2D eigenvalue weighted by Gasteiger charge is 2.30. The molecule has 0 aromatic heterocycles. The van der Waals surface area contributed by atoms with Crippen molar-refractivity contribution < 1.29 is 37.3 Å². The van der Waals surface area contributed by atoms with E-state index in [-0.39, 0.29) is 25.1 Å². The Labute approximate surface area is 490 Å². The zero-order valence-corrected chi connectivity index (χ0v) is 54.0. The van der Waals surface area contributed by atoms with E-state index in [1.54, 1.807) is 0 Å². The number of amides is 1. The summed E-state index contributed by atoms with van der Waals surface area (Å²) < 4.78 is 30.7. The molecule has 0 aliphatic carbocycles. The molecule has 0 radical (unpaired) electrons. The number of rotatable bonds is 62. The van der Waals surface area contributed by atoms with Gasteiger partial charge in [0, 0.05) is 12.8 Å². The SMILES string of the molecule is CCCCC/C=C\C/C=C\C/C=C\CCCCCCCCCCCCCCCCC(=O)OC(/C=C\CCCCCCCCCCC)C(COP(=O)(O)OCC[N+](C)(C)C)NC(=O)CCCCCCCCCCCCCCCCC. The second-order valence-corrected chi connectivity index (χ2v) is 25.8. The van der Waals surface area contributed by atoms with Crippen molar-refractivity contribution in [3.05, 3.63) is 48.6 Å². The largest absolute Gasteiger partial charge is 0.472 e. The molecule has 0 fully saturated rings. The minimum atomic E-state index is -4.45. The molecule has 0 aromatic rings. The minimum absolute atomic E-state index is 0.0423. The van der Waals surface area contributed by atoms with E-state index in [9.17, 15) is 19.0 Å². The number of nitrogens with one attached hydrogen (secondary N) is 1. The van der Waals surface area contributed by atoms with Crippen molar-refractivity contribution in [2.24, 2.45) is 0 Å². The van der Waals surface area contributed by atoms with E-state index in [1.807, 2.05) is 33.3 Å². The number of phosphoric ester groups is 1. The lowest BCUT2D eigenvalue weighted by Gasteiger charge is -2.27. The van der Waals surface area contributed by atoms with Crippen LogP contribution in [0.4, 0.5) is 0 Å². The van der Waals surface area contributed by atoms with Crippen LogP contribution in [-0.2, 0) is 27.9 Å². The highest BCUT2D eigenvalue weighted by molar-refractivity contribution is 7.47. The summed E-state index contributed by atoms with van der Waals surface area (Å²) in [6.07, 6.45) is 74.0. The summed E-state index contributed by atoms with van der Waals surface area (Å²) in [4.78, 5) is 37.8. The number of nitrogens with zero attached hydrogens (tertiary/aromatic N) is 1. The van der Waals surface area contributed by atoms with Gasteiger partial charge in [0.05, 0.1) is 33.8 Å². The summed E-state index contributed by atoms with van der Waals surface area (Å²) >= 11 is 0. The monoisotopic (exact) mass is 1130 g/mol. The van der Waals surface area contributed by atoms with Crippen molar-refractivity contribution in [1.29, 1.82) is 0 Å². The quantitative estimate of drug-likeness (QED) is 0.0205. The van der Waals surface area contributed by atoms with Gasteiger partial charge in [-0.3, -0.25) is 18.6 Å². The molecule has 2 N–H and O–H groups in total. The Morgan fingerprint density at radius 3 is 1.18 bits per heavy atom. The van der Waals surface area contributed by atoms with E-state index in [0.717, 1.165) is 70.6 Å². The standard InChI is InChI=1S/C69H131N2O7P/c1-7-10-13-16-19-22-25-27-29-30-31-32-33-34-35-36-37-38-39-40-42-44-47-50-53-56-59-62-69(73)78-67(60-57-54-51-48-45-24-21-18-15-12-9-3)66(65-77-79(74,75)76-64-63-71(4,5)6)70-68(72)61-58-55-52-49-46-43-41-28-26-23-20-17-14-11-8-2/h19,22,27,29,31-32,57,60,66-67H,7-18,20-21,23-26,28,30,33-56,58-59,61-65H2,1-6H3,(H-,70,72,74,75)/p+1/b22-19-,29-27-,32-31-,60-57-. The minimum Gasteiger partial charge on any atom is -0.456 e. The van der Waals surface area contributed by atoms with Crippen LogP contribution in [0.1, 0.15) is 329 Å². The van der Waals surface area contributed by atoms with E-state index in [4.69, 9.17) is 13.8 Å². The van der Waals surface area contributed by atoms with Gasteiger partial charge in [0.2, 0.25) is 5.91 Å². The van der Waals surface area contributed by atoms with Crippen LogP contribution >= 0.6 is 7.82 Å². The fourth-order valence-electron chi connectivity index (χ4n) is 10.0. The molecule has 0 aromatic carbocycles. The van der Waals surface area contributed by atoms with Gasteiger partial charge in [-0.25, -0.2) is 4.57 Å². The van der Waals surface area contributed by atoms with Crippen LogP contribution < -0.4 is 5.32 Å². The molecular formula is C69H132N2O7P+. The summed E-state index contributed by atoms with van der Waals surface area (Å²) in [5.41, 5.74) is 0. The van der Waals surface area contributed by atoms with Gasteiger partial charge in [-0.15, -0.1) is 0 Å². The summed E-state index contributed by atoms with van der Waals surface area (Å²) in [5.74, 6) is -0.491. The topological polar surface area (TPSA) is 111 Å². The van der Waals surface area contributed by atoms with Crippen molar-refractivity contribution >= 4 is 19.7 Å². The average Bonchev–Trinajstić information content (AvgIpc) is 3.41. The molecule has 10 heteroatoms. The van der Waals surface area contributed by atoms with E-state index in [2.05, 4.69) is 62.5 Å². The van der Waals surface area contributed by atoms with Crippen molar-refractivity contribution in [2.45, 2.75) is 341 Å². The molecule has 0 bridgehead atoms. The smallest absolute Gasteiger partial charge is 0.456 e. The van der Waals surface area contributed by atoms with Crippen LogP contribution in [0.2, 0.25) is 0 Å². The number of hydrogen-bond donors (Lipinski definition) is 2.